The van der Waals surface area contributed by atoms with Gasteiger partial charge in [0.05, 0.1) is 12.0 Å². The van der Waals surface area contributed by atoms with Gasteiger partial charge in [-0.3, -0.25) is 0 Å². The number of rotatable bonds is 6. The Labute approximate surface area is 105 Å². The summed E-state index contributed by atoms with van der Waals surface area (Å²) < 4.78 is 2.24. The van der Waals surface area contributed by atoms with E-state index in [4.69, 9.17) is 0 Å². The molecular formula is C14H25N3. The van der Waals surface area contributed by atoms with E-state index in [9.17, 15) is 0 Å². The van der Waals surface area contributed by atoms with Crippen molar-refractivity contribution in [2.75, 3.05) is 6.54 Å². The SMILES string of the molecule is CC(C)n1cncc1CNCCC1CCCC1. The maximum Gasteiger partial charge on any atom is 0.0951 e. The largest absolute Gasteiger partial charge is 0.331 e. The van der Waals surface area contributed by atoms with Crippen molar-refractivity contribution in [3.8, 4) is 0 Å². The fourth-order valence-electron chi connectivity index (χ4n) is 2.76. The number of hydrogen-bond donors (Lipinski definition) is 1. The lowest BCUT2D eigenvalue weighted by atomic mass is 10.0. The van der Waals surface area contributed by atoms with E-state index in [-0.39, 0.29) is 0 Å². The molecule has 0 saturated heterocycles. The molecule has 2 rings (SSSR count). The summed E-state index contributed by atoms with van der Waals surface area (Å²) in [5.41, 5.74) is 1.30. The van der Waals surface area contributed by atoms with Crippen LogP contribution in [0.4, 0.5) is 0 Å². The minimum Gasteiger partial charge on any atom is -0.331 e. The van der Waals surface area contributed by atoms with Crippen LogP contribution in [0.2, 0.25) is 0 Å². The van der Waals surface area contributed by atoms with E-state index in [2.05, 4.69) is 28.7 Å². The van der Waals surface area contributed by atoms with E-state index in [1.54, 1.807) is 0 Å². The highest BCUT2D eigenvalue weighted by Gasteiger charge is 2.14. The van der Waals surface area contributed by atoms with E-state index in [1.807, 2.05) is 12.5 Å². The number of imidazole rings is 1. The quantitative estimate of drug-likeness (QED) is 0.768. The molecule has 1 N–H and O–H groups in total. The number of nitrogens with zero attached hydrogens (tertiary/aromatic N) is 2. The van der Waals surface area contributed by atoms with Gasteiger partial charge < -0.3 is 9.88 Å². The highest BCUT2D eigenvalue weighted by atomic mass is 15.1. The van der Waals surface area contributed by atoms with Crippen LogP contribution in [0.1, 0.15) is 57.7 Å². The zero-order valence-electron chi connectivity index (χ0n) is 11.2. The third kappa shape index (κ3) is 3.56. The third-order valence-electron chi connectivity index (χ3n) is 3.81. The Kier molecular flexibility index (Phi) is 4.60. The highest BCUT2D eigenvalue weighted by molar-refractivity contribution is 4.99. The van der Waals surface area contributed by atoms with E-state index in [0.717, 1.165) is 19.0 Å². The Morgan fingerprint density at radius 2 is 2.18 bits per heavy atom. The summed E-state index contributed by atoms with van der Waals surface area (Å²) in [6.45, 7) is 6.49. The molecule has 1 aromatic heterocycles. The summed E-state index contributed by atoms with van der Waals surface area (Å²) in [6.07, 6.45) is 11.0. The molecule has 0 spiro atoms. The molecule has 0 amide bonds. The molecule has 0 aliphatic heterocycles. The van der Waals surface area contributed by atoms with Crippen molar-refractivity contribution < 1.29 is 0 Å². The van der Waals surface area contributed by atoms with E-state index >= 15 is 0 Å². The van der Waals surface area contributed by atoms with Crippen LogP contribution in [0, 0.1) is 5.92 Å². The first kappa shape index (κ1) is 12.6. The normalized spacial score (nSPS) is 17.1. The summed E-state index contributed by atoms with van der Waals surface area (Å²) in [7, 11) is 0. The Morgan fingerprint density at radius 3 is 2.88 bits per heavy atom. The summed E-state index contributed by atoms with van der Waals surface area (Å²) in [5.74, 6) is 0.984. The number of hydrogen-bond acceptors (Lipinski definition) is 2. The zero-order valence-corrected chi connectivity index (χ0v) is 11.2. The maximum atomic E-state index is 4.22. The molecule has 3 heteroatoms. The standard InChI is InChI=1S/C14H25N3/c1-12(2)17-11-16-10-14(17)9-15-8-7-13-5-3-4-6-13/h10-13,15H,3-9H2,1-2H3. The lowest BCUT2D eigenvalue weighted by Crippen LogP contribution is -2.19. The second-order valence-corrected chi connectivity index (χ2v) is 5.50. The summed E-state index contributed by atoms with van der Waals surface area (Å²) in [6, 6.07) is 0.504. The first-order valence-corrected chi connectivity index (χ1v) is 6.99. The van der Waals surface area contributed by atoms with Crippen LogP contribution >= 0.6 is 0 Å². The molecule has 3 nitrogen and oxygen atoms in total. The average molecular weight is 235 g/mol. The van der Waals surface area contributed by atoms with Gasteiger partial charge in [0.2, 0.25) is 0 Å². The molecule has 1 saturated carbocycles. The topological polar surface area (TPSA) is 29.9 Å². The highest BCUT2D eigenvalue weighted by Crippen LogP contribution is 2.26. The molecule has 1 aliphatic rings. The van der Waals surface area contributed by atoms with Gasteiger partial charge in [-0.2, -0.15) is 0 Å². The van der Waals surface area contributed by atoms with Gasteiger partial charge in [-0.25, -0.2) is 4.98 Å². The van der Waals surface area contributed by atoms with Crippen LogP contribution in [0.3, 0.4) is 0 Å². The van der Waals surface area contributed by atoms with Crippen LogP contribution in [0.25, 0.3) is 0 Å². The van der Waals surface area contributed by atoms with Gasteiger partial charge in [-0.15, -0.1) is 0 Å². The van der Waals surface area contributed by atoms with Crippen molar-refractivity contribution in [3.05, 3.63) is 18.2 Å². The van der Waals surface area contributed by atoms with Crippen LogP contribution in [-0.2, 0) is 6.54 Å². The van der Waals surface area contributed by atoms with E-state index < -0.39 is 0 Å². The number of aromatic nitrogens is 2. The average Bonchev–Trinajstić information content (AvgIpc) is 2.95. The van der Waals surface area contributed by atoms with Crippen LogP contribution in [0.5, 0.6) is 0 Å². The molecule has 1 heterocycles. The fourth-order valence-corrected chi connectivity index (χ4v) is 2.76. The van der Waals surface area contributed by atoms with Crippen molar-refractivity contribution in [3.63, 3.8) is 0 Å². The van der Waals surface area contributed by atoms with Crippen molar-refractivity contribution in [2.24, 2.45) is 5.92 Å². The minimum absolute atomic E-state index is 0.504. The van der Waals surface area contributed by atoms with Gasteiger partial charge >= 0.3 is 0 Å². The van der Waals surface area contributed by atoms with Gasteiger partial charge in [-0.05, 0) is 32.7 Å². The van der Waals surface area contributed by atoms with Crippen LogP contribution in [0.15, 0.2) is 12.5 Å². The summed E-state index contributed by atoms with van der Waals surface area (Å²) >= 11 is 0. The summed E-state index contributed by atoms with van der Waals surface area (Å²) in [5, 5.41) is 3.55. The predicted octanol–water partition coefficient (Wildman–Crippen LogP) is 3.13. The van der Waals surface area contributed by atoms with Gasteiger partial charge in [0.25, 0.3) is 0 Å². The Balaban J connectivity index is 1.68. The first-order valence-electron chi connectivity index (χ1n) is 6.99. The van der Waals surface area contributed by atoms with Crippen LogP contribution in [-0.4, -0.2) is 16.1 Å². The number of nitrogens with one attached hydrogen (secondary N) is 1. The second kappa shape index (κ2) is 6.20. The molecule has 0 radical (unpaired) electrons. The van der Waals surface area contributed by atoms with Crippen molar-refractivity contribution in [1.29, 1.82) is 0 Å². The van der Waals surface area contributed by atoms with Crippen molar-refractivity contribution in [2.45, 2.75) is 58.5 Å². The van der Waals surface area contributed by atoms with Gasteiger partial charge in [-0.1, -0.05) is 25.7 Å². The predicted molar refractivity (Wildman–Crippen MR) is 70.9 cm³/mol. The monoisotopic (exact) mass is 235 g/mol. The molecule has 1 aliphatic carbocycles. The van der Waals surface area contributed by atoms with Gasteiger partial charge in [0.15, 0.2) is 0 Å². The lowest BCUT2D eigenvalue weighted by molar-refractivity contribution is 0.469. The van der Waals surface area contributed by atoms with Crippen molar-refractivity contribution in [1.82, 2.24) is 14.9 Å². The molecule has 1 fully saturated rings. The molecule has 17 heavy (non-hydrogen) atoms. The molecule has 1 aromatic rings. The Morgan fingerprint density at radius 1 is 1.41 bits per heavy atom. The van der Waals surface area contributed by atoms with E-state index in [0.29, 0.717) is 6.04 Å². The molecular weight excluding hydrogens is 210 g/mol. The second-order valence-electron chi connectivity index (χ2n) is 5.50. The maximum absolute atomic E-state index is 4.22. The third-order valence-corrected chi connectivity index (χ3v) is 3.81. The van der Waals surface area contributed by atoms with Crippen molar-refractivity contribution >= 4 is 0 Å². The first-order chi connectivity index (χ1) is 8.27. The van der Waals surface area contributed by atoms with E-state index in [1.165, 1.54) is 37.8 Å². The molecule has 0 aromatic carbocycles. The summed E-state index contributed by atoms with van der Waals surface area (Å²) in [4.78, 5) is 4.22. The molecule has 0 bridgehead atoms. The molecule has 0 atom stereocenters. The Hall–Kier alpha value is -0.830. The van der Waals surface area contributed by atoms with Gasteiger partial charge in [0, 0.05) is 18.8 Å². The minimum atomic E-state index is 0.504. The lowest BCUT2D eigenvalue weighted by Gasteiger charge is -2.13. The Bertz CT molecular complexity index is 324. The fraction of sp³-hybridized carbons (Fsp3) is 0.786. The molecule has 96 valence electrons. The van der Waals surface area contributed by atoms with Crippen LogP contribution < -0.4 is 5.32 Å². The smallest absolute Gasteiger partial charge is 0.0951 e. The zero-order chi connectivity index (χ0) is 12.1. The molecule has 0 unspecified atom stereocenters. The van der Waals surface area contributed by atoms with Gasteiger partial charge in [0.1, 0.15) is 0 Å².